The first-order chi connectivity index (χ1) is 6.91. The topological polar surface area (TPSA) is 0 Å². The molecule has 0 aromatic rings. The van der Waals surface area contributed by atoms with Crippen LogP contribution in [0.15, 0.2) is 0 Å². The molecule has 1 aliphatic carbocycles. The van der Waals surface area contributed by atoms with E-state index >= 15 is 0 Å². The highest BCUT2D eigenvalue weighted by Gasteiger charge is 2.34. The highest BCUT2D eigenvalue weighted by atomic mass is 19.3. The molecule has 0 heterocycles. The van der Waals surface area contributed by atoms with Gasteiger partial charge in [0.1, 0.15) is 0 Å². The molecule has 0 nitrogen and oxygen atoms in total. The molecule has 0 spiro atoms. The summed E-state index contributed by atoms with van der Waals surface area (Å²) >= 11 is 0. The Morgan fingerprint density at radius 1 is 1.07 bits per heavy atom. The van der Waals surface area contributed by atoms with E-state index in [1.54, 1.807) is 0 Å². The largest absolute Gasteiger partial charge is 0.238 e. The summed E-state index contributed by atoms with van der Waals surface area (Å²) in [6.45, 7) is 6.32. The third kappa shape index (κ3) is 4.08. The maximum absolute atomic E-state index is 12.6. The average Bonchev–Trinajstić information content (AvgIpc) is 2.14. The second-order valence-electron chi connectivity index (χ2n) is 6.00. The number of hydrogen-bond donors (Lipinski definition) is 0. The van der Waals surface area contributed by atoms with E-state index in [1.165, 1.54) is 19.3 Å². The van der Waals surface area contributed by atoms with Crippen molar-refractivity contribution in [1.82, 2.24) is 0 Å². The van der Waals surface area contributed by atoms with Crippen molar-refractivity contribution < 1.29 is 8.78 Å². The molecular formula is C13H24F2. The summed E-state index contributed by atoms with van der Waals surface area (Å²) < 4.78 is 25.1. The Kier molecular flexibility index (Phi) is 4.54. The lowest BCUT2D eigenvalue weighted by molar-refractivity contribution is 0.0375. The van der Waals surface area contributed by atoms with Crippen LogP contribution in [0.2, 0.25) is 0 Å². The number of halogens is 2. The summed E-state index contributed by atoms with van der Waals surface area (Å²) in [7, 11) is 0. The zero-order chi connectivity index (χ0) is 11.5. The summed E-state index contributed by atoms with van der Waals surface area (Å²) in [5.74, 6) is 0.727. The van der Waals surface area contributed by atoms with Crippen molar-refractivity contribution in [2.75, 3.05) is 0 Å². The lowest BCUT2D eigenvalue weighted by atomic mass is 9.67. The Balaban J connectivity index is 2.61. The van der Waals surface area contributed by atoms with Crippen LogP contribution in [0.4, 0.5) is 8.78 Å². The number of rotatable bonds is 3. The normalized spacial score (nSPS) is 22.0. The van der Waals surface area contributed by atoms with Gasteiger partial charge in [0.15, 0.2) is 0 Å². The fourth-order valence-electron chi connectivity index (χ4n) is 2.98. The van der Waals surface area contributed by atoms with Gasteiger partial charge in [-0.05, 0) is 17.3 Å². The maximum Gasteiger partial charge on any atom is 0.238 e. The van der Waals surface area contributed by atoms with Gasteiger partial charge in [-0.25, -0.2) is 8.78 Å². The molecular weight excluding hydrogens is 194 g/mol. The van der Waals surface area contributed by atoms with Gasteiger partial charge in [0.25, 0.3) is 0 Å². The van der Waals surface area contributed by atoms with Crippen LogP contribution < -0.4 is 0 Å². The average molecular weight is 218 g/mol. The molecule has 15 heavy (non-hydrogen) atoms. The summed E-state index contributed by atoms with van der Waals surface area (Å²) in [5.41, 5.74) is 0.0262. The van der Waals surface area contributed by atoms with E-state index in [-0.39, 0.29) is 17.8 Å². The van der Waals surface area contributed by atoms with Crippen molar-refractivity contribution in [3.05, 3.63) is 0 Å². The molecule has 1 fully saturated rings. The molecule has 90 valence electrons. The van der Waals surface area contributed by atoms with Gasteiger partial charge in [-0.3, -0.25) is 0 Å². The van der Waals surface area contributed by atoms with Gasteiger partial charge < -0.3 is 0 Å². The Hall–Kier alpha value is -0.140. The Labute approximate surface area is 92.4 Å². The first-order valence-electron chi connectivity index (χ1n) is 6.19. The molecule has 1 rings (SSSR count). The summed E-state index contributed by atoms with van der Waals surface area (Å²) in [6.07, 6.45) is 4.04. The van der Waals surface area contributed by atoms with E-state index in [0.29, 0.717) is 5.92 Å². The van der Waals surface area contributed by atoms with Crippen LogP contribution in [0.25, 0.3) is 0 Å². The van der Waals surface area contributed by atoms with Crippen LogP contribution in [-0.2, 0) is 0 Å². The second kappa shape index (κ2) is 5.27. The van der Waals surface area contributed by atoms with E-state index in [0.717, 1.165) is 12.8 Å². The predicted octanol–water partition coefficient (Wildman–Crippen LogP) is 4.88. The molecule has 1 unspecified atom stereocenters. The monoisotopic (exact) mass is 218 g/mol. The molecule has 0 radical (unpaired) electrons. The summed E-state index contributed by atoms with van der Waals surface area (Å²) in [5, 5.41) is 0. The summed E-state index contributed by atoms with van der Waals surface area (Å²) in [6, 6.07) is 0. The van der Waals surface area contributed by atoms with Crippen molar-refractivity contribution in [1.29, 1.82) is 0 Å². The van der Waals surface area contributed by atoms with Crippen LogP contribution in [0.3, 0.4) is 0 Å². The van der Waals surface area contributed by atoms with Crippen LogP contribution >= 0.6 is 0 Å². The zero-order valence-corrected chi connectivity index (χ0v) is 10.2. The minimum Gasteiger partial charge on any atom is -0.211 e. The van der Waals surface area contributed by atoms with Gasteiger partial charge in [-0.15, -0.1) is 0 Å². The molecule has 0 saturated heterocycles. The van der Waals surface area contributed by atoms with Gasteiger partial charge in [-0.2, -0.15) is 0 Å². The lowest BCUT2D eigenvalue weighted by Crippen LogP contribution is -2.31. The van der Waals surface area contributed by atoms with Crippen LogP contribution in [0.1, 0.15) is 59.3 Å². The third-order valence-electron chi connectivity index (χ3n) is 3.76. The molecule has 1 aliphatic rings. The Bertz CT molecular complexity index is 175. The van der Waals surface area contributed by atoms with E-state index in [1.807, 2.05) is 0 Å². The highest BCUT2D eigenvalue weighted by molar-refractivity contribution is 4.83. The first-order valence-corrected chi connectivity index (χ1v) is 6.19. The molecule has 1 atom stereocenters. The zero-order valence-electron chi connectivity index (χ0n) is 10.2. The predicted molar refractivity (Wildman–Crippen MR) is 60.1 cm³/mol. The molecule has 1 saturated carbocycles. The van der Waals surface area contributed by atoms with Crippen molar-refractivity contribution in [3.63, 3.8) is 0 Å². The molecule has 0 bridgehead atoms. The lowest BCUT2D eigenvalue weighted by Gasteiger charge is -2.39. The van der Waals surface area contributed by atoms with Crippen molar-refractivity contribution in [3.8, 4) is 0 Å². The van der Waals surface area contributed by atoms with Gasteiger partial charge in [0.05, 0.1) is 0 Å². The van der Waals surface area contributed by atoms with Gasteiger partial charge in [0, 0.05) is 6.42 Å². The Morgan fingerprint density at radius 2 is 1.60 bits per heavy atom. The molecule has 0 aliphatic heterocycles. The highest BCUT2D eigenvalue weighted by Crippen LogP contribution is 2.42. The first kappa shape index (κ1) is 12.9. The summed E-state index contributed by atoms with van der Waals surface area (Å²) in [4.78, 5) is 0. The van der Waals surface area contributed by atoms with Crippen molar-refractivity contribution in [2.45, 2.75) is 65.7 Å². The second-order valence-corrected chi connectivity index (χ2v) is 6.00. The standard InChI is InChI=1S/C13H24F2/c1-13(2,3)11(9-12(14)15)10-7-5-4-6-8-10/h10-12H,4-9H2,1-3H3. The van der Waals surface area contributed by atoms with Crippen molar-refractivity contribution in [2.24, 2.45) is 17.3 Å². The van der Waals surface area contributed by atoms with Gasteiger partial charge in [0.2, 0.25) is 6.43 Å². The number of alkyl halides is 2. The van der Waals surface area contributed by atoms with Crippen LogP contribution in [0, 0.1) is 17.3 Å². The molecule has 0 amide bonds. The van der Waals surface area contributed by atoms with E-state index in [9.17, 15) is 8.78 Å². The fourth-order valence-corrected chi connectivity index (χ4v) is 2.98. The molecule has 0 aromatic heterocycles. The molecule has 0 N–H and O–H groups in total. The van der Waals surface area contributed by atoms with Gasteiger partial charge >= 0.3 is 0 Å². The fraction of sp³-hybridized carbons (Fsp3) is 1.00. The minimum atomic E-state index is -2.14. The van der Waals surface area contributed by atoms with Crippen LogP contribution in [-0.4, -0.2) is 6.43 Å². The molecule has 0 aromatic carbocycles. The van der Waals surface area contributed by atoms with Gasteiger partial charge in [-0.1, -0.05) is 52.9 Å². The number of hydrogen-bond acceptors (Lipinski definition) is 0. The van der Waals surface area contributed by atoms with E-state index in [2.05, 4.69) is 20.8 Å². The molecule has 2 heteroatoms. The smallest absolute Gasteiger partial charge is 0.211 e. The quantitative estimate of drug-likeness (QED) is 0.633. The van der Waals surface area contributed by atoms with Crippen LogP contribution in [0.5, 0.6) is 0 Å². The Morgan fingerprint density at radius 3 is 2.00 bits per heavy atom. The SMILES string of the molecule is CC(C)(C)C(CC(F)F)C1CCCCC1. The van der Waals surface area contributed by atoms with E-state index < -0.39 is 6.43 Å². The maximum atomic E-state index is 12.6. The van der Waals surface area contributed by atoms with E-state index in [4.69, 9.17) is 0 Å². The minimum absolute atomic E-state index is 0.0262. The van der Waals surface area contributed by atoms with Crippen molar-refractivity contribution >= 4 is 0 Å². The third-order valence-corrected chi connectivity index (χ3v) is 3.76.